The Bertz CT molecular complexity index is 452. The van der Waals surface area contributed by atoms with Crippen LogP contribution in [0.2, 0.25) is 0 Å². The van der Waals surface area contributed by atoms with Gasteiger partial charge in [-0.2, -0.15) is 0 Å². The van der Waals surface area contributed by atoms with Crippen molar-refractivity contribution in [2.75, 3.05) is 0 Å². The molecule has 0 saturated heterocycles. The molecule has 0 bridgehead atoms. The molecule has 1 fully saturated rings. The topological polar surface area (TPSA) is 66.4 Å². The van der Waals surface area contributed by atoms with E-state index in [1.54, 1.807) is 0 Å². The van der Waals surface area contributed by atoms with Gasteiger partial charge < -0.3 is 10.4 Å². The van der Waals surface area contributed by atoms with E-state index in [-0.39, 0.29) is 18.2 Å². The van der Waals surface area contributed by atoms with Gasteiger partial charge in [-0.25, -0.2) is 4.79 Å². The summed E-state index contributed by atoms with van der Waals surface area (Å²) in [7, 11) is 0. The standard InChI is InChI=1S/C16H21NO3/c18-14(11-12-7-3-1-4-8-12)17-15(16(19)20)13-9-5-2-6-10-13/h1,3-4,7-8,13,15H,2,5-6,9-11H2,(H,17,18)(H,19,20). The van der Waals surface area contributed by atoms with Crippen LogP contribution < -0.4 is 5.32 Å². The van der Waals surface area contributed by atoms with E-state index < -0.39 is 12.0 Å². The van der Waals surface area contributed by atoms with Gasteiger partial charge in [0.2, 0.25) is 5.91 Å². The summed E-state index contributed by atoms with van der Waals surface area (Å²) in [6, 6.07) is 8.64. The predicted molar refractivity (Wildman–Crippen MR) is 76.3 cm³/mol. The first-order valence-corrected chi connectivity index (χ1v) is 7.23. The molecule has 1 unspecified atom stereocenters. The van der Waals surface area contributed by atoms with Crippen LogP contribution in [0.1, 0.15) is 37.7 Å². The molecule has 0 heterocycles. The van der Waals surface area contributed by atoms with Crippen molar-refractivity contribution in [1.82, 2.24) is 5.32 Å². The lowest BCUT2D eigenvalue weighted by Gasteiger charge is -2.28. The number of hydrogen-bond donors (Lipinski definition) is 2. The van der Waals surface area contributed by atoms with Gasteiger partial charge in [-0.05, 0) is 24.3 Å². The van der Waals surface area contributed by atoms with Crippen molar-refractivity contribution in [3.05, 3.63) is 35.9 Å². The maximum atomic E-state index is 12.0. The first-order chi connectivity index (χ1) is 9.66. The number of benzene rings is 1. The summed E-state index contributed by atoms with van der Waals surface area (Å²) in [6.07, 6.45) is 5.30. The van der Waals surface area contributed by atoms with Gasteiger partial charge in [0, 0.05) is 0 Å². The summed E-state index contributed by atoms with van der Waals surface area (Å²) in [6.45, 7) is 0. The number of rotatable bonds is 5. The normalized spacial score (nSPS) is 17.4. The average Bonchev–Trinajstić information content (AvgIpc) is 2.46. The molecule has 4 nitrogen and oxygen atoms in total. The molecule has 4 heteroatoms. The van der Waals surface area contributed by atoms with Crippen molar-refractivity contribution in [1.29, 1.82) is 0 Å². The zero-order valence-electron chi connectivity index (χ0n) is 11.5. The quantitative estimate of drug-likeness (QED) is 0.867. The Kier molecular flexibility index (Phi) is 5.16. The second-order valence-corrected chi connectivity index (χ2v) is 5.44. The van der Waals surface area contributed by atoms with E-state index in [2.05, 4.69) is 5.32 Å². The number of carbonyl (C=O) groups excluding carboxylic acids is 1. The molecular formula is C16H21NO3. The molecule has 2 N–H and O–H groups in total. The summed E-state index contributed by atoms with van der Waals surface area (Å²) in [4.78, 5) is 23.4. The first-order valence-electron chi connectivity index (χ1n) is 7.23. The van der Waals surface area contributed by atoms with Crippen LogP contribution >= 0.6 is 0 Å². The number of aliphatic carboxylic acids is 1. The third-order valence-corrected chi connectivity index (χ3v) is 3.91. The number of amides is 1. The zero-order chi connectivity index (χ0) is 14.4. The van der Waals surface area contributed by atoms with Crippen molar-refractivity contribution < 1.29 is 14.7 Å². The van der Waals surface area contributed by atoms with E-state index in [0.717, 1.165) is 31.2 Å². The molecule has 0 radical (unpaired) electrons. The molecule has 1 aromatic carbocycles. The molecule has 0 aromatic heterocycles. The molecule has 2 rings (SSSR count). The van der Waals surface area contributed by atoms with E-state index in [0.29, 0.717) is 0 Å². The van der Waals surface area contributed by atoms with Gasteiger partial charge >= 0.3 is 5.97 Å². The van der Waals surface area contributed by atoms with Gasteiger partial charge in [-0.15, -0.1) is 0 Å². The Morgan fingerprint density at radius 1 is 1.15 bits per heavy atom. The maximum Gasteiger partial charge on any atom is 0.326 e. The second-order valence-electron chi connectivity index (χ2n) is 5.44. The first kappa shape index (κ1) is 14.6. The van der Waals surface area contributed by atoms with Crippen LogP contribution in [-0.4, -0.2) is 23.0 Å². The predicted octanol–water partition coefficient (Wildman–Crippen LogP) is 2.38. The monoisotopic (exact) mass is 275 g/mol. The fraction of sp³-hybridized carbons (Fsp3) is 0.500. The van der Waals surface area contributed by atoms with E-state index in [9.17, 15) is 14.7 Å². The third kappa shape index (κ3) is 4.08. The Morgan fingerprint density at radius 2 is 1.80 bits per heavy atom. The summed E-state index contributed by atoms with van der Waals surface area (Å²) < 4.78 is 0. The van der Waals surface area contributed by atoms with Gasteiger partial charge in [-0.1, -0.05) is 49.6 Å². The molecule has 1 aliphatic rings. The number of nitrogens with one attached hydrogen (secondary N) is 1. The summed E-state index contributed by atoms with van der Waals surface area (Å²) in [5.41, 5.74) is 0.901. The minimum absolute atomic E-state index is 0.0703. The number of carbonyl (C=O) groups is 2. The third-order valence-electron chi connectivity index (χ3n) is 3.91. The van der Waals surface area contributed by atoms with Gasteiger partial charge in [0.05, 0.1) is 6.42 Å². The number of carboxylic acids is 1. The lowest BCUT2D eigenvalue weighted by atomic mass is 9.84. The van der Waals surface area contributed by atoms with Crippen LogP contribution in [0.25, 0.3) is 0 Å². The molecule has 0 spiro atoms. The van der Waals surface area contributed by atoms with E-state index in [1.165, 1.54) is 6.42 Å². The van der Waals surface area contributed by atoms with Crippen molar-refractivity contribution in [2.45, 2.75) is 44.6 Å². The molecule has 0 aliphatic heterocycles. The lowest BCUT2D eigenvalue weighted by Crippen LogP contribution is -2.47. The number of carboxylic acid groups (broad SMARTS) is 1. The highest BCUT2D eigenvalue weighted by Gasteiger charge is 2.30. The highest BCUT2D eigenvalue weighted by Crippen LogP contribution is 2.26. The lowest BCUT2D eigenvalue weighted by molar-refractivity contribution is -0.143. The summed E-state index contributed by atoms with van der Waals surface area (Å²) >= 11 is 0. The maximum absolute atomic E-state index is 12.0. The van der Waals surface area contributed by atoms with Crippen molar-refractivity contribution in [3.63, 3.8) is 0 Å². The summed E-state index contributed by atoms with van der Waals surface area (Å²) in [5.74, 6) is -1.06. The van der Waals surface area contributed by atoms with Crippen LogP contribution in [0, 0.1) is 5.92 Å². The average molecular weight is 275 g/mol. The highest BCUT2D eigenvalue weighted by molar-refractivity contribution is 5.85. The fourth-order valence-corrected chi connectivity index (χ4v) is 2.85. The SMILES string of the molecule is O=C(Cc1ccccc1)NC(C(=O)O)C1CCCCC1. The van der Waals surface area contributed by atoms with Crippen LogP contribution in [0.4, 0.5) is 0 Å². The second kappa shape index (κ2) is 7.08. The van der Waals surface area contributed by atoms with E-state index >= 15 is 0 Å². The Hall–Kier alpha value is -1.84. The molecule has 1 aliphatic carbocycles. The minimum Gasteiger partial charge on any atom is -0.480 e. The molecule has 108 valence electrons. The van der Waals surface area contributed by atoms with Gasteiger partial charge in [0.15, 0.2) is 0 Å². The van der Waals surface area contributed by atoms with Crippen LogP contribution in [0.15, 0.2) is 30.3 Å². The molecule has 1 amide bonds. The number of hydrogen-bond acceptors (Lipinski definition) is 2. The highest BCUT2D eigenvalue weighted by atomic mass is 16.4. The fourth-order valence-electron chi connectivity index (χ4n) is 2.85. The molecule has 1 saturated carbocycles. The molecule has 1 atom stereocenters. The van der Waals surface area contributed by atoms with E-state index in [1.807, 2.05) is 30.3 Å². The van der Waals surface area contributed by atoms with Crippen molar-refractivity contribution in [2.24, 2.45) is 5.92 Å². The van der Waals surface area contributed by atoms with E-state index in [4.69, 9.17) is 0 Å². The molecular weight excluding hydrogens is 254 g/mol. The van der Waals surface area contributed by atoms with Crippen molar-refractivity contribution in [3.8, 4) is 0 Å². The Balaban J connectivity index is 1.93. The Labute approximate surface area is 119 Å². The summed E-state index contributed by atoms with van der Waals surface area (Å²) in [5, 5.41) is 12.0. The van der Waals surface area contributed by atoms with Gasteiger partial charge in [0.1, 0.15) is 6.04 Å². The van der Waals surface area contributed by atoms with Crippen molar-refractivity contribution >= 4 is 11.9 Å². The zero-order valence-corrected chi connectivity index (χ0v) is 11.5. The van der Waals surface area contributed by atoms with Crippen LogP contribution in [-0.2, 0) is 16.0 Å². The van der Waals surface area contributed by atoms with Crippen LogP contribution in [0.3, 0.4) is 0 Å². The Morgan fingerprint density at radius 3 is 2.40 bits per heavy atom. The minimum atomic E-state index is -0.918. The molecule has 20 heavy (non-hydrogen) atoms. The van der Waals surface area contributed by atoms with Gasteiger partial charge in [0.25, 0.3) is 0 Å². The molecule has 1 aromatic rings. The smallest absolute Gasteiger partial charge is 0.326 e. The largest absolute Gasteiger partial charge is 0.480 e. The van der Waals surface area contributed by atoms with Crippen LogP contribution in [0.5, 0.6) is 0 Å². The van der Waals surface area contributed by atoms with Gasteiger partial charge in [-0.3, -0.25) is 4.79 Å².